The molecule has 0 radical (unpaired) electrons. The van der Waals surface area contributed by atoms with Gasteiger partial charge in [-0.15, -0.1) is 0 Å². The molecule has 1 aliphatic heterocycles. The fourth-order valence-corrected chi connectivity index (χ4v) is 4.57. The lowest BCUT2D eigenvalue weighted by molar-refractivity contribution is -0.128. The molecule has 32 heavy (non-hydrogen) atoms. The van der Waals surface area contributed by atoms with Crippen LogP contribution in [0, 0.1) is 0 Å². The number of carbonyl (C=O) groups is 2. The van der Waals surface area contributed by atoms with Crippen LogP contribution in [0.5, 0.6) is 11.5 Å². The maximum atomic E-state index is 13.0. The molecule has 0 bridgehead atoms. The summed E-state index contributed by atoms with van der Waals surface area (Å²) >= 11 is 13.3. The van der Waals surface area contributed by atoms with Gasteiger partial charge in [0.1, 0.15) is 16.7 Å². The summed E-state index contributed by atoms with van der Waals surface area (Å²) in [5.74, 6) is 0.636. The fraction of sp³-hybridized carbons (Fsp3) is 0.318. The molecule has 2 amide bonds. The third-order valence-electron chi connectivity index (χ3n) is 4.65. The van der Waals surface area contributed by atoms with Crippen LogP contribution in [0.15, 0.2) is 41.4 Å². The molecular formula is C22H23Cl2N3O4S. The van der Waals surface area contributed by atoms with E-state index in [0.29, 0.717) is 44.6 Å². The van der Waals surface area contributed by atoms with Crippen molar-refractivity contribution in [2.24, 2.45) is 4.99 Å². The Morgan fingerprint density at radius 1 is 1.16 bits per heavy atom. The molecule has 2 aromatic carbocycles. The lowest BCUT2D eigenvalue weighted by atomic mass is 10.2. The smallest absolute Gasteiger partial charge is 0.242 e. The Morgan fingerprint density at radius 3 is 2.59 bits per heavy atom. The largest absolute Gasteiger partial charge is 0.497 e. The maximum Gasteiger partial charge on any atom is 0.242 e. The highest BCUT2D eigenvalue weighted by Crippen LogP contribution is 2.34. The van der Waals surface area contributed by atoms with Crippen molar-refractivity contribution in [3.63, 3.8) is 0 Å². The van der Waals surface area contributed by atoms with Crippen molar-refractivity contribution in [1.82, 2.24) is 4.90 Å². The van der Waals surface area contributed by atoms with Crippen LogP contribution >= 0.6 is 35.0 Å². The number of carbonyl (C=O) groups excluding carboxylic acids is 2. The summed E-state index contributed by atoms with van der Waals surface area (Å²) in [6, 6.07) is 10.1. The topological polar surface area (TPSA) is 80.2 Å². The van der Waals surface area contributed by atoms with Crippen molar-refractivity contribution < 1.29 is 19.1 Å². The van der Waals surface area contributed by atoms with E-state index < -0.39 is 5.25 Å². The second-order valence-electron chi connectivity index (χ2n) is 6.91. The van der Waals surface area contributed by atoms with Gasteiger partial charge in [-0.25, -0.2) is 4.99 Å². The molecule has 170 valence electrons. The number of halogens is 2. The Balaban J connectivity index is 1.75. The van der Waals surface area contributed by atoms with Gasteiger partial charge in [0.15, 0.2) is 5.17 Å². The highest BCUT2D eigenvalue weighted by atomic mass is 35.5. The zero-order chi connectivity index (χ0) is 23.3. The normalized spacial score (nSPS) is 17.0. The number of hydrogen-bond acceptors (Lipinski definition) is 6. The molecule has 3 rings (SSSR count). The Morgan fingerprint density at radius 2 is 1.94 bits per heavy atom. The molecule has 1 N–H and O–H groups in total. The van der Waals surface area contributed by atoms with E-state index in [0.717, 1.165) is 6.42 Å². The van der Waals surface area contributed by atoms with E-state index in [-0.39, 0.29) is 18.2 Å². The minimum Gasteiger partial charge on any atom is -0.497 e. The first-order chi connectivity index (χ1) is 15.4. The number of aliphatic imine (C=N–C) groups is 1. The van der Waals surface area contributed by atoms with Crippen LogP contribution < -0.4 is 14.8 Å². The lowest BCUT2D eigenvalue weighted by Crippen LogP contribution is -2.34. The first kappa shape index (κ1) is 24.2. The molecule has 0 saturated carbocycles. The van der Waals surface area contributed by atoms with Gasteiger partial charge in [-0.1, -0.05) is 41.9 Å². The molecule has 1 fully saturated rings. The minimum absolute atomic E-state index is 0.000703. The molecule has 10 heteroatoms. The van der Waals surface area contributed by atoms with E-state index in [1.807, 2.05) is 6.92 Å². The summed E-state index contributed by atoms with van der Waals surface area (Å²) in [6.45, 7) is 2.49. The van der Waals surface area contributed by atoms with E-state index in [2.05, 4.69) is 10.3 Å². The second kappa shape index (κ2) is 10.9. The number of ether oxygens (including phenoxy) is 2. The summed E-state index contributed by atoms with van der Waals surface area (Å²) in [6.07, 6.45) is 0.758. The molecule has 1 unspecified atom stereocenters. The summed E-state index contributed by atoms with van der Waals surface area (Å²) < 4.78 is 10.5. The number of amides is 2. The summed E-state index contributed by atoms with van der Waals surface area (Å²) in [7, 11) is 3.06. The van der Waals surface area contributed by atoms with Crippen molar-refractivity contribution in [1.29, 1.82) is 0 Å². The van der Waals surface area contributed by atoms with Gasteiger partial charge in [0.05, 0.1) is 35.6 Å². The van der Waals surface area contributed by atoms with Crippen LogP contribution in [0.4, 0.5) is 11.4 Å². The standard InChI is InChI=1S/C22H23Cl2N3O4S/c1-4-9-27-21(29)19(32-22(27)25-13-5-7-15(23)16(24)10-13)12-20(28)26-17-8-6-14(30-2)11-18(17)31-3/h5-8,10-11,19H,4,9,12H2,1-3H3,(H,26,28). The molecule has 1 aliphatic rings. The Kier molecular flexibility index (Phi) is 8.28. The van der Waals surface area contributed by atoms with Crippen molar-refractivity contribution in [3.8, 4) is 11.5 Å². The van der Waals surface area contributed by atoms with Gasteiger partial charge < -0.3 is 14.8 Å². The summed E-state index contributed by atoms with van der Waals surface area (Å²) in [4.78, 5) is 31.8. The average Bonchev–Trinajstić information content (AvgIpc) is 3.05. The van der Waals surface area contributed by atoms with E-state index >= 15 is 0 Å². The quantitative estimate of drug-likeness (QED) is 0.531. The van der Waals surface area contributed by atoms with Gasteiger partial charge in [0.25, 0.3) is 0 Å². The lowest BCUT2D eigenvalue weighted by Gasteiger charge is -2.15. The molecule has 0 spiro atoms. The van der Waals surface area contributed by atoms with E-state index in [4.69, 9.17) is 32.7 Å². The number of rotatable bonds is 8. The number of amidine groups is 1. The highest BCUT2D eigenvalue weighted by Gasteiger charge is 2.38. The minimum atomic E-state index is -0.577. The van der Waals surface area contributed by atoms with E-state index in [1.54, 1.807) is 48.4 Å². The molecule has 0 aliphatic carbocycles. The average molecular weight is 496 g/mol. The van der Waals surface area contributed by atoms with Crippen molar-refractivity contribution >= 4 is 63.3 Å². The first-order valence-electron chi connectivity index (χ1n) is 9.90. The van der Waals surface area contributed by atoms with Crippen molar-refractivity contribution in [2.45, 2.75) is 25.0 Å². The van der Waals surface area contributed by atoms with Gasteiger partial charge in [0.2, 0.25) is 11.8 Å². The number of benzene rings is 2. The zero-order valence-corrected chi connectivity index (χ0v) is 20.2. The number of nitrogens with one attached hydrogen (secondary N) is 1. The maximum absolute atomic E-state index is 13.0. The molecule has 1 atom stereocenters. The molecule has 2 aromatic rings. The molecule has 1 heterocycles. The highest BCUT2D eigenvalue weighted by molar-refractivity contribution is 8.15. The first-order valence-corrected chi connectivity index (χ1v) is 11.5. The number of anilines is 1. The monoisotopic (exact) mass is 495 g/mol. The third-order valence-corrected chi connectivity index (χ3v) is 6.56. The Bertz CT molecular complexity index is 1050. The van der Waals surface area contributed by atoms with Gasteiger partial charge in [-0.05, 0) is 36.8 Å². The summed E-state index contributed by atoms with van der Waals surface area (Å²) in [5.41, 5.74) is 1.09. The Labute approximate surface area is 201 Å². The number of thioether (sulfide) groups is 1. The third kappa shape index (κ3) is 5.68. The molecule has 1 saturated heterocycles. The van der Waals surface area contributed by atoms with E-state index in [9.17, 15) is 9.59 Å². The molecular weight excluding hydrogens is 473 g/mol. The second-order valence-corrected chi connectivity index (χ2v) is 8.89. The number of hydrogen-bond donors (Lipinski definition) is 1. The fourth-order valence-electron chi connectivity index (χ4n) is 3.09. The van der Waals surface area contributed by atoms with Gasteiger partial charge >= 0.3 is 0 Å². The molecule has 7 nitrogen and oxygen atoms in total. The van der Waals surface area contributed by atoms with Crippen molar-refractivity contribution in [2.75, 3.05) is 26.1 Å². The number of nitrogens with zero attached hydrogens (tertiary/aromatic N) is 2. The van der Waals surface area contributed by atoms with Crippen LogP contribution in [0.3, 0.4) is 0 Å². The van der Waals surface area contributed by atoms with Crippen molar-refractivity contribution in [3.05, 3.63) is 46.4 Å². The van der Waals surface area contributed by atoms with Crippen LogP contribution in [0.2, 0.25) is 10.0 Å². The summed E-state index contributed by atoms with van der Waals surface area (Å²) in [5, 5.41) is 3.58. The van der Waals surface area contributed by atoms with Crippen LogP contribution in [-0.4, -0.2) is 47.9 Å². The number of methoxy groups -OCH3 is 2. The van der Waals surface area contributed by atoms with Gasteiger partial charge in [0, 0.05) is 19.0 Å². The molecule has 0 aromatic heterocycles. The van der Waals surface area contributed by atoms with Crippen LogP contribution in [0.25, 0.3) is 0 Å². The van der Waals surface area contributed by atoms with Crippen LogP contribution in [-0.2, 0) is 9.59 Å². The zero-order valence-electron chi connectivity index (χ0n) is 17.9. The van der Waals surface area contributed by atoms with Gasteiger partial charge in [-0.3, -0.25) is 14.5 Å². The van der Waals surface area contributed by atoms with E-state index in [1.165, 1.54) is 18.9 Å². The SMILES string of the molecule is CCCN1C(=O)C(CC(=O)Nc2ccc(OC)cc2OC)SC1=Nc1ccc(Cl)c(Cl)c1. The van der Waals surface area contributed by atoms with Crippen LogP contribution in [0.1, 0.15) is 19.8 Å². The predicted octanol–water partition coefficient (Wildman–Crippen LogP) is 5.38. The Hall–Kier alpha value is -2.42. The van der Waals surface area contributed by atoms with Gasteiger partial charge in [-0.2, -0.15) is 0 Å². The predicted molar refractivity (Wildman–Crippen MR) is 130 cm³/mol.